The molecule has 0 aromatic heterocycles. The monoisotopic (exact) mass is 277 g/mol. The van der Waals surface area contributed by atoms with E-state index in [1.165, 1.54) is 12.1 Å². The Morgan fingerprint density at radius 2 is 1.50 bits per heavy atom. The van der Waals surface area contributed by atoms with Gasteiger partial charge in [-0.05, 0) is 23.8 Å². The van der Waals surface area contributed by atoms with Crippen molar-refractivity contribution in [1.29, 1.82) is 0 Å². The third-order valence-electron chi connectivity index (χ3n) is 2.71. The predicted octanol–water partition coefficient (Wildman–Crippen LogP) is 3.00. The number of hydrogen-bond donors (Lipinski definition) is 1. The fraction of sp³-hybridized carbons (Fsp3) is 0.200. The van der Waals surface area contributed by atoms with E-state index in [9.17, 15) is 4.39 Å². The van der Waals surface area contributed by atoms with Gasteiger partial charge < -0.3 is 19.9 Å². The highest BCUT2D eigenvalue weighted by Gasteiger charge is 2.04. The number of nitrogens with two attached hydrogens (primary N) is 1. The zero-order valence-corrected chi connectivity index (χ0v) is 11.4. The Kier molecular flexibility index (Phi) is 4.30. The Balaban J connectivity index is 2.13. The molecule has 0 amide bonds. The van der Waals surface area contributed by atoms with Gasteiger partial charge in [-0.1, -0.05) is 0 Å². The number of rotatable bonds is 5. The maximum absolute atomic E-state index is 13.2. The van der Waals surface area contributed by atoms with Crippen molar-refractivity contribution in [1.82, 2.24) is 0 Å². The predicted molar refractivity (Wildman–Crippen MR) is 74.7 cm³/mol. The Morgan fingerprint density at radius 1 is 0.900 bits per heavy atom. The molecular weight excluding hydrogens is 261 g/mol. The van der Waals surface area contributed by atoms with Gasteiger partial charge in [0.1, 0.15) is 29.7 Å². The van der Waals surface area contributed by atoms with Gasteiger partial charge in [0.2, 0.25) is 0 Å². The summed E-state index contributed by atoms with van der Waals surface area (Å²) in [5.74, 6) is 1.44. The van der Waals surface area contributed by atoms with Crippen LogP contribution in [-0.2, 0) is 6.61 Å². The molecule has 106 valence electrons. The molecule has 4 nitrogen and oxygen atoms in total. The summed E-state index contributed by atoms with van der Waals surface area (Å²) in [6.45, 7) is 0.207. The molecule has 2 aromatic carbocycles. The fourth-order valence-corrected chi connectivity index (χ4v) is 1.79. The normalized spacial score (nSPS) is 10.2. The topological polar surface area (TPSA) is 53.7 Å². The smallest absolute Gasteiger partial charge is 0.127 e. The lowest BCUT2D eigenvalue weighted by Crippen LogP contribution is -1.99. The molecule has 20 heavy (non-hydrogen) atoms. The van der Waals surface area contributed by atoms with Crippen LogP contribution in [0, 0.1) is 5.82 Å². The first kappa shape index (κ1) is 14.0. The minimum atomic E-state index is -0.383. The number of methoxy groups -OCH3 is 2. The van der Waals surface area contributed by atoms with Gasteiger partial charge in [0, 0.05) is 23.9 Å². The Bertz CT molecular complexity index is 559. The molecule has 0 aliphatic heterocycles. The Hall–Kier alpha value is -2.43. The van der Waals surface area contributed by atoms with E-state index >= 15 is 0 Å². The highest BCUT2D eigenvalue weighted by atomic mass is 19.1. The standard InChI is InChI=1S/C15H16FNO3/c1-18-13-6-14(19-2)8-15(7-13)20-9-10-3-11(16)5-12(17)4-10/h3-8H,9,17H2,1-2H3. The molecule has 0 saturated heterocycles. The number of benzene rings is 2. The number of hydrogen-bond acceptors (Lipinski definition) is 4. The Labute approximate surface area is 116 Å². The van der Waals surface area contributed by atoms with E-state index in [1.807, 2.05) is 0 Å². The van der Waals surface area contributed by atoms with Crippen LogP contribution in [0.15, 0.2) is 36.4 Å². The number of ether oxygens (including phenoxy) is 3. The van der Waals surface area contributed by atoms with E-state index in [2.05, 4.69) is 0 Å². The van der Waals surface area contributed by atoms with Crippen LogP contribution in [0.5, 0.6) is 17.2 Å². The van der Waals surface area contributed by atoms with Crippen molar-refractivity contribution in [3.05, 3.63) is 47.8 Å². The summed E-state index contributed by atoms with van der Waals surface area (Å²) in [7, 11) is 3.12. The van der Waals surface area contributed by atoms with Crippen LogP contribution < -0.4 is 19.9 Å². The molecule has 2 rings (SSSR count). The van der Waals surface area contributed by atoms with Crippen molar-refractivity contribution in [3.8, 4) is 17.2 Å². The summed E-state index contributed by atoms with van der Waals surface area (Å²) in [5.41, 5.74) is 6.61. The van der Waals surface area contributed by atoms with Crippen LogP contribution in [0.1, 0.15) is 5.56 Å². The molecule has 0 unspecified atom stereocenters. The van der Waals surface area contributed by atoms with Crippen LogP contribution >= 0.6 is 0 Å². The third-order valence-corrected chi connectivity index (χ3v) is 2.71. The van der Waals surface area contributed by atoms with Gasteiger partial charge in [-0.25, -0.2) is 4.39 Å². The highest BCUT2D eigenvalue weighted by molar-refractivity contribution is 5.43. The van der Waals surface area contributed by atoms with Gasteiger partial charge in [0.15, 0.2) is 0 Å². The van der Waals surface area contributed by atoms with E-state index in [0.717, 1.165) is 0 Å². The lowest BCUT2D eigenvalue weighted by atomic mass is 10.2. The second-order valence-corrected chi connectivity index (χ2v) is 4.23. The lowest BCUT2D eigenvalue weighted by Gasteiger charge is -2.10. The molecule has 0 bridgehead atoms. The maximum Gasteiger partial charge on any atom is 0.127 e. The first-order valence-electron chi connectivity index (χ1n) is 6.01. The molecule has 0 atom stereocenters. The SMILES string of the molecule is COc1cc(OC)cc(OCc2cc(N)cc(F)c2)c1. The van der Waals surface area contributed by atoms with E-state index in [0.29, 0.717) is 28.5 Å². The van der Waals surface area contributed by atoms with E-state index in [-0.39, 0.29) is 12.4 Å². The van der Waals surface area contributed by atoms with Crippen molar-refractivity contribution in [3.63, 3.8) is 0 Å². The number of nitrogen functional groups attached to an aromatic ring is 1. The zero-order valence-electron chi connectivity index (χ0n) is 11.4. The van der Waals surface area contributed by atoms with E-state index < -0.39 is 0 Å². The summed E-state index contributed by atoms with van der Waals surface area (Å²) in [6, 6.07) is 9.51. The van der Waals surface area contributed by atoms with Crippen LogP contribution in [0.3, 0.4) is 0 Å². The van der Waals surface area contributed by atoms with Crippen LogP contribution in [-0.4, -0.2) is 14.2 Å². The molecule has 0 fully saturated rings. The quantitative estimate of drug-likeness (QED) is 0.854. The highest BCUT2D eigenvalue weighted by Crippen LogP contribution is 2.28. The van der Waals surface area contributed by atoms with Gasteiger partial charge in [-0.15, -0.1) is 0 Å². The molecule has 0 saturated carbocycles. The minimum Gasteiger partial charge on any atom is -0.496 e. The first-order valence-corrected chi connectivity index (χ1v) is 6.01. The molecule has 0 heterocycles. The average molecular weight is 277 g/mol. The molecular formula is C15H16FNO3. The van der Waals surface area contributed by atoms with Gasteiger partial charge in [-0.2, -0.15) is 0 Å². The first-order chi connectivity index (χ1) is 9.60. The lowest BCUT2D eigenvalue weighted by molar-refractivity contribution is 0.300. The molecule has 0 aliphatic rings. The average Bonchev–Trinajstić information content (AvgIpc) is 2.43. The van der Waals surface area contributed by atoms with Gasteiger partial charge in [0.25, 0.3) is 0 Å². The molecule has 0 radical (unpaired) electrons. The van der Waals surface area contributed by atoms with Crippen LogP contribution in [0.25, 0.3) is 0 Å². The fourth-order valence-electron chi connectivity index (χ4n) is 1.79. The van der Waals surface area contributed by atoms with Crippen molar-refractivity contribution in [2.24, 2.45) is 0 Å². The van der Waals surface area contributed by atoms with Crippen LogP contribution in [0.2, 0.25) is 0 Å². The second-order valence-electron chi connectivity index (χ2n) is 4.23. The van der Waals surface area contributed by atoms with E-state index in [4.69, 9.17) is 19.9 Å². The molecule has 0 aliphatic carbocycles. The molecule has 5 heteroatoms. The number of anilines is 1. The largest absolute Gasteiger partial charge is 0.496 e. The van der Waals surface area contributed by atoms with Gasteiger partial charge in [0.05, 0.1) is 14.2 Å². The van der Waals surface area contributed by atoms with Crippen molar-refractivity contribution < 1.29 is 18.6 Å². The van der Waals surface area contributed by atoms with Gasteiger partial charge >= 0.3 is 0 Å². The van der Waals surface area contributed by atoms with Crippen molar-refractivity contribution in [2.75, 3.05) is 20.0 Å². The van der Waals surface area contributed by atoms with Crippen molar-refractivity contribution in [2.45, 2.75) is 6.61 Å². The Morgan fingerprint density at radius 3 is 2.05 bits per heavy atom. The summed E-state index contributed by atoms with van der Waals surface area (Å²) in [4.78, 5) is 0. The zero-order chi connectivity index (χ0) is 14.5. The summed E-state index contributed by atoms with van der Waals surface area (Å²) >= 11 is 0. The second kappa shape index (κ2) is 6.14. The number of halogens is 1. The third kappa shape index (κ3) is 3.54. The van der Waals surface area contributed by atoms with Crippen LogP contribution in [0.4, 0.5) is 10.1 Å². The van der Waals surface area contributed by atoms with E-state index in [1.54, 1.807) is 38.5 Å². The summed E-state index contributed by atoms with van der Waals surface area (Å²) < 4.78 is 29.1. The van der Waals surface area contributed by atoms with Crippen molar-refractivity contribution >= 4 is 5.69 Å². The summed E-state index contributed by atoms with van der Waals surface area (Å²) in [5, 5.41) is 0. The molecule has 2 aromatic rings. The maximum atomic E-state index is 13.2. The molecule has 0 spiro atoms. The summed E-state index contributed by atoms with van der Waals surface area (Å²) in [6.07, 6.45) is 0. The minimum absolute atomic E-state index is 0.207. The van der Waals surface area contributed by atoms with Gasteiger partial charge in [-0.3, -0.25) is 0 Å². The molecule has 2 N–H and O–H groups in total.